The minimum Gasteiger partial charge on any atom is -0.496 e. The zero-order valence-electron chi connectivity index (χ0n) is 7.88. The minimum atomic E-state index is -0.588. The van der Waals surface area contributed by atoms with Gasteiger partial charge in [0.25, 0.3) is 0 Å². The second kappa shape index (κ2) is 4.23. The molecule has 0 aliphatic carbocycles. The van der Waals surface area contributed by atoms with Crippen LogP contribution in [0.1, 0.15) is 17.2 Å². The lowest BCUT2D eigenvalue weighted by Gasteiger charge is -2.14. The van der Waals surface area contributed by atoms with Crippen molar-refractivity contribution in [2.75, 3.05) is 13.8 Å². The monoisotopic (exact) mass is 183 g/mol. The van der Waals surface area contributed by atoms with Crippen molar-refractivity contribution in [2.24, 2.45) is 5.73 Å². The summed E-state index contributed by atoms with van der Waals surface area (Å²) in [4.78, 5) is 0. The Morgan fingerprint density at radius 2 is 2.23 bits per heavy atom. The van der Waals surface area contributed by atoms with Crippen LogP contribution in [0, 0.1) is 6.92 Å². The van der Waals surface area contributed by atoms with Gasteiger partial charge in [0, 0.05) is 5.56 Å². The van der Waals surface area contributed by atoms with Gasteiger partial charge in [-0.2, -0.15) is 0 Å². The Bertz CT molecular complexity index is 288. The third-order valence-corrected chi connectivity index (χ3v) is 2.01. The molecule has 0 aliphatic heterocycles. The summed E-state index contributed by atoms with van der Waals surface area (Å²) in [5, 5.41) is 0. The summed E-state index contributed by atoms with van der Waals surface area (Å²) in [5.41, 5.74) is 7.29. The molecular formula is C10H14FNO. The van der Waals surface area contributed by atoms with Gasteiger partial charge in [-0.3, -0.25) is 0 Å². The van der Waals surface area contributed by atoms with Gasteiger partial charge in [-0.15, -0.1) is 0 Å². The predicted octanol–water partition coefficient (Wildman–Crippen LogP) is 1.97. The van der Waals surface area contributed by atoms with Gasteiger partial charge in [0.05, 0.1) is 13.2 Å². The smallest absolute Gasteiger partial charge is 0.126 e. The Morgan fingerprint density at radius 3 is 2.77 bits per heavy atom. The lowest BCUT2D eigenvalue weighted by molar-refractivity contribution is 0.387. The third-order valence-electron chi connectivity index (χ3n) is 2.01. The van der Waals surface area contributed by atoms with Gasteiger partial charge in [0.1, 0.15) is 12.4 Å². The Labute approximate surface area is 77.5 Å². The summed E-state index contributed by atoms with van der Waals surface area (Å²) in [7, 11) is 1.57. The second-order valence-corrected chi connectivity index (χ2v) is 2.96. The van der Waals surface area contributed by atoms with E-state index in [4.69, 9.17) is 10.5 Å². The van der Waals surface area contributed by atoms with Crippen molar-refractivity contribution in [2.45, 2.75) is 13.0 Å². The molecule has 1 rings (SSSR count). The van der Waals surface area contributed by atoms with Crippen molar-refractivity contribution in [1.29, 1.82) is 0 Å². The lowest BCUT2D eigenvalue weighted by Crippen LogP contribution is -2.13. The molecule has 0 saturated carbocycles. The van der Waals surface area contributed by atoms with Crippen molar-refractivity contribution in [1.82, 2.24) is 0 Å². The Hall–Kier alpha value is -1.09. The number of nitrogens with two attached hydrogens (primary N) is 1. The zero-order valence-corrected chi connectivity index (χ0v) is 7.88. The number of ether oxygens (including phenoxy) is 1. The SMILES string of the molecule is COc1c(C)cccc1C(N)CF. The first-order valence-corrected chi connectivity index (χ1v) is 4.15. The second-order valence-electron chi connectivity index (χ2n) is 2.96. The van der Waals surface area contributed by atoms with Gasteiger partial charge < -0.3 is 10.5 Å². The van der Waals surface area contributed by atoms with Crippen molar-refractivity contribution < 1.29 is 9.13 Å². The predicted molar refractivity (Wildman–Crippen MR) is 50.6 cm³/mol. The number of benzene rings is 1. The average molecular weight is 183 g/mol. The van der Waals surface area contributed by atoms with E-state index in [1.807, 2.05) is 19.1 Å². The molecule has 13 heavy (non-hydrogen) atoms. The summed E-state index contributed by atoms with van der Waals surface area (Å²) < 4.78 is 17.5. The molecule has 1 unspecified atom stereocenters. The highest BCUT2D eigenvalue weighted by molar-refractivity contribution is 5.42. The van der Waals surface area contributed by atoms with E-state index in [2.05, 4.69) is 0 Å². The third kappa shape index (κ3) is 1.98. The molecule has 0 bridgehead atoms. The summed E-state index contributed by atoms with van der Waals surface area (Å²) >= 11 is 0. The van der Waals surface area contributed by atoms with Crippen LogP contribution in [0.4, 0.5) is 4.39 Å². The number of aryl methyl sites for hydroxylation is 1. The van der Waals surface area contributed by atoms with Gasteiger partial charge in [0.15, 0.2) is 0 Å². The molecule has 0 fully saturated rings. The molecule has 0 saturated heterocycles. The normalized spacial score (nSPS) is 12.6. The quantitative estimate of drug-likeness (QED) is 0.777. The standard InChI is InChI=1S/C10H14FNO/c1-7-4-3-5-8(9(12)6-11)10(7)13-2/h3-5,9H,6,12H2,1-2H3. The lowest BCUT2D eigenvalue weighted by atomic mass is 10.0. The molecule has 2 nitrogen and oxygen atoms in total. The summed E-state index contributed by atoms with van der Waals surface area (Å²) in [5.74, 6) is 0.688. The van der Waals surface area contributed by atoms with Gasteiger partial charge >= 0.3 is 0 Å². The van der Waals surface area contributed by atoms with Crippen LogP contribution in [0.5, 0.6) is 5.75 Å². The van der Waals surface area contributed by atoms with Crippen LogP contribution in [-0.4, -0.2) is 13.8 Å². The molecule has 0 aliphatic rings. The summed E-state index contributed by atoms with van der Waals surface area (Å²) in [6.45, 7) is 1.34. The first-order chi connectivity index (χ1) is 6.20. The van der Waals surface area contributed by atoms with Crippen LogP contribution in [0.2, 0.25) is 0 Å². The maximum Gasteiger partial charge on any atom is 0.126 e. The van der Waals surface area contributed by atoms with Gasteiger partial charge in [0.2, 0.25) is 0 Å². The first-order valence-electron chi connectivity index (χ1n) is 4.15. The fourth-order valence-corrected chi connectivity index (χ4v) is 1.33. The summed E-state index contributed by atoms with van der Waals surface area (Å²) in [6.07, 6.45) is 0. The van der Waals surface area contributed by atoms with E-state index >= 15 is 0 Å². The van der Waals surface area contributed by atoms with E-state index in [0.717, 1.165) is 11.1 Å². The molecule has 72 valence electrons. The van der Waals surface area contributed by atoms with Gasteiger partial charge in [-0.05, 0) is 12.5 Å². The van der Waals surface area contributed by atoms with Crippen LogP contribution in [0.15, 0.2) is 18.2 Å². The van der Waals surface area contributed by atoms with Crippen LogP contribution in [-0.2, 0) is 0 Å². The van der Waals surface area contributed by atoms with Crippen LogP contribution in [0.25, 0.3) is 0 Å². The molecule has 0 spiro atoms. The van der Waals surface area contributed by atoms with Crippen LogP contribution in [0.3, 0.4) is 0 Å². The number of para-hydroxylation sites is 1. The van der Waals surface area contributed by atoms with E-state index in [0.29, 0.717) is 5.75 Å². The topological polar surface area (TPSA) is 35.2 Å². The maximum absolute atomic E-state index is 12.3. The average Bonchev–Trinajstić information content (AvgIpc) is 2.16. The van der Waals surface area contributed by atoms with E-state index in [9.17, 15) is 4.39 Å². The molecule has 2 N–H and O–H groups in total. The Morgan fingerprint density at radius 1 is 1.54 bits per heavy atom. The highest BCUT2D eigenvalue weighted by atomic mass is 19.1. The molecule has 0 radical (unpaired) electrons. The molecule has 3 heteroatoms. The van der Waals surface area contributed by atoms with Crippen LogP contribution < -0.4 is 10.5 Å². The summed E-state index contributed by atoms with van der Waals surface area (Å²) in [6, 6.07) is 4.96. The van der Waals surface area contributed by atoms with Crippen molar-refractivity contribution >= 4 is 0 Å². The van der Waals surface area contributed by atoms with E-state index in [1.165, 1.54) is 0 Å². The Balaban J connectivity index is 3.12. The first kappa shape index (κ1) is 9.99. The van der Waals surface area contributed by atoms with Gasteiger partial charge in [-0.25, -0.2) is 4.39 Å². The van der Waals surface area contributed by atoms with Crippen molar-refractivity contribution in [3.63, 3.8) is 0 Å². The zero-order chi connectivity index (χ0) is 9.84. The number of alkyl halides is 1. The largest absolute Gasteiger partial charge is 0.496 e. The van der Waals surface area contributed by atoms with Crippen molar-refractivity contribution in [3.8, 4) is 5.75 Å². The molecule has 0 heterocycles. The molecule has 0 amide bonds. The fourth-order valence-electron chi connectivity index (χ4n) is 1.33. The number of halogens is 1. The fraction of sp³-hybridized carbons (Fsp3) is 0.400. The molecule has 1 atom stereocenters. The molecule has 0 aromatic heterocycles. The van der Waals surface area contributed by atoms with E-state index < -0.39 is 12.7 Å². The van der Waals surface area contributed by atoms with E-state index in [-0.39, 0.29) is 0 Å². The van der Waals surface area contributed by atoms with Crippen molar-refractivity contribution in [3.05, 3.63) is 29.3 Å². The number of rotatable bonds is 3. The Kier molecular flexibility index (Phi) is 3.25. The highest BCUT2D eigenvalue weighted by Crippen LogP contribution is 2.27. The molecule has 1 aromatic carbocycles. The maximum atomic E-state index is 12.3. The molecule has 1 aromatic rings. The minimum absolute atomic E-state index is 0.570. The van der Waals surface area contributed by atoms with Crippen LogP contribution >= 0.6 is 0 Å². The van der Waals surface area contributed by atoms with E-state index in [1.54, 1.807) is 13.2 Å². The number of hydrogen-bond acceptors (Lipinski definition) is 2. The number of methoxy groups -OCH3 is 1. The molecular weight excluding hydrogens is 169 g/mol. The van der Waals surface area contributed by atoms with Gasteiger partial charge in [-0.1, -0.05) is 18.2 Å². The highest BCUT2D eigenvalue weighted by Gasteiger charge is 2.12. The number of hydrogen-bond donors (Lipinski definition) is 1.